The van der Waals surface area contributed by atoms with Gasteiger partial charge in [-0.1, -0.05) is 0 Å². The number of carboxylic acid groups (broad SMARTS) is 2. The molecule has 0 aliphatic rings. The Bertz CT molecular complexity index is 1170. The molecule has 0 saturated carbocycles. The summed E-state index contributed by atoms with van der Waals surface area (Å²) in [5.74, 6) is -2.06. The fraction of sp³-hybridized carbons (Fsp3) is 0.423. The van der Waals surface area contributed by atoms with Gasteiger partial charge >= 0.3 is 11.9 Å². The molecule has 0 radical (unpaired) electrons. The molecule has 0 aliphatic heterocycles. The number of aromatic nitrogens is 1. The zero-order valence-electron chi connectivity index (χ0n) is 23.5. The third-order valence-corrected chi connectivity index (χ3v) is 6.02. The fourth-order valence-corrected chi connectivity index (χ4v) is 4.14. The van der Waals surface area contributed by atoms with Crippen LogP contribution in [0.2, 0.25) is 0 Å². The van der Waals surface area contributed by atoms with Crippen LogP contribution in [0.15, 0.2) is 29.7 Å². The third-order valence-electron chi connectivity index (χ3n) is 5.26. The number of rotatable bonds is 13. The maximum atomic E-state index is 12.8. The Hall–Kier alpha value is -4.17. The van der Waals surface area contributed by atoms with E-state index in [2.05, 4.69) is 48.2 Å². The van der Waals surface area contributed by atoms with Crippen molar-refractivity contribution in [3.05, 3.63) is 40.9 Å². The minimum absolute atomic E-state index is 0.255. The van der Waals surface area contributed by atoms with Crippen LogP contribution >= 0.6 is 11.3 Å². The molecule has 2 rings (SSSR count). The number of benzene rings is 1. The number of ether oxygens (including phenoxy) is 3. The summed E-state index contributed by atoms with van der Waals surface area (Å²) < 4.78 is 15.8. The van der Waals surface area contributed by atoms with Gasteiger partial charge in [0.25, 0.3) is 11.8 Å². The first-order valence-corrected chi connectivity index (χ1v) is 13.0. The Labute approximate surface area is 236 Å². The summed E-state index contributed by atoms with van der Waals surface area (Å²) in [7, 11) is 4.45. The number of carbonyl (C=O) groups excluding carboxylic acids is 2. The van der Waals surface area contributed by atoms with Gasteiger partial charge in [-0.3, -0.25) is 19.8 Å². The number of carboxylic acids is 2. The van der Waals surface area contributed by atoms with E-state index in [1.165, 1.54) is 38.7 Å². The molecule has 4 N–H and O–H groups in total. The molecule has 14 heteroatoms. The molecule has 0 atom stereocenters. The Kier molecular flexibility index (Phi) is 14.2. The van der Waals surface area contributed by atoms with Gasteiger partial charge in [-0.25, -0.2) is 14.6 Å². The number of amides is 2. The van der Waals surface area contributed by atoms with Crippen molar-refractivity contribution < 1.29 is 43.6 Å². The van der Waals surface area contributed by atoms with E-state index in [4.69, 9.17) is 24.4 Å². The highest BCUT2D eigenvalue weighted by atomic mass is 32.1. The van der Waals surface area contributed by atoms with Crippen molar-refractivity contribution in [3.63, 3.8) is 0 Å². The number of carbonyl (C=O) groups is 4. The minimum atomic E-state index is -1.26. The first kappa shape index (κ1) is 33.9. The Morgan fingerprint density at radius 2 is 1.43 bits per heavy atom. The van der Waals surface area contributed by atoms with E-state index in [1.54, 1.807) is 11.4 Å². The van der Waals surface area contributed by atoms with Crippen LogP contribution in [0.5, 0.6) is 17.2 Å². The average molecular weight is 581 g/mol. The van der Waals surface area contributed by atoms with Crippen LogP contribution in [0.3, 0.4) is 0 Å². The molecule has 2 aromatic rings. The lowest BCUT2D eigenvalue weighted by Crippen LogP contribution is -2.42. The number of nitrogens with zero attached hydrogens (tertiary/aromatic N) is 2. The van der Waals surface area contributed by atoms with Crippen molar-refractivity contribution in [1.29, 1.82) is 0 Å². The second kappa shape index (κ2) is 16.7. The maximum absolute atomic E-state index is 12.8. The number of anilines is 1. The number of nitrogens with one attached hydrogen (secondary N) is 2. The second-order valence-electron chi connectivity index (χ2n) is 8.59. The van der Waals surface area contributed by atoms with Gasteiger partial charge in [0.15, 0.2) is 16.6 Å². The van der Waals surface area contributed by atoms with E-state index in [0.29, 0.717) is 53.2 Å². The summed E-state index contributed by atoms with van der Waals surface area (Å²) in [6, 6.07) is 3.89. The van der Waals surface area contributed by atoms with Crippen molar-refractivity contribution >= 4 is 40.2 Å². The number of hydrogen-bond acceptors (Lipinski definition) is 10. The predicted octanol–water partition coefficient (Wildman–Crippen LogP) is 2.98. The predicted molar refractivity (Wildman–Crippen MR) is 150 cm³/mol. The van der Waals surface area contributed by atoms with Crippen LogP contribution in [0.4, 0.5) is 5.13 Å². The highest BCUT2D eigenvalue weighted by Crippen LogP contribution is 2.35. The summed E-state index contributed by atoms with van der Waals surface area (Å²) in [5, 5.41) is 23.1. The van der Waals surface area contributed by atoms with Crippen molar-refractivity contribution in [2.75, 3.05) is 39.7 Å². The van der Waals surface area contributed by atoms with Crippen LogP contribution in [0.25, 0.3) is 0 Å². The van der Waals surface area contributed by atoms with Crippen molar-refractivity contribution in [2.24, 2.45) is 0 Å². The average Bonchev–Trinajstić information content (AvgIpc) is 3.37. The molecule has 0 unspecified atom stereocenters. The van der Waals surface area contributed by atoms with Crippen LogP contribution in [0.1, 0.15) is 48.5 Å². The molecule has 0 fully saturated rings. The summed E-state index contributed by atoms with van der Waals surface area (Å²) in [4.78, 5) is 50.9. The smallest absolute Gasteiger partial charge is 0.328 e. The Balaban J connectivity index is 0.000000869. The van der Waals surface area contributed by atoms with Gasteiger partial charge in [0.2, 0.25) is 0 Å². The van der Waals surface area contributed by atoms with Gasteiger partial charge in [-0.15, -0.1) is 11.3 Å². The molecule has 0 bridgehead atoms. The van der Waals surface area contributed by atoms with Gasteiger partial charge in [0.1, 0.15) is 11.4 Å². The van der Waals surface area contributed by atoms with Crippen LogP contribution in [0, 0.1) is 0 Å². The minimum Gasteiger partial charge on any atom is -0.496 e. The molecule has 1 aromatic heterocycles. The van der Waals surface area contributed by atoms with Crippen LogP contribution in [-0.2, 0) is 9.59 Å². The van der Waals surface area contributed by atoms with E-state index in [9.17, 15) is 19.2 Å². The topological polar surface area (TPSA) is 177 Å². The first-order chi connectivity index (χ1) is 18.8. The van der Waals surface area contributed by atoms with Crippen LogP contribution < -0.4 is 24.8 Å². The summed E-state index contributed by atoms with van der Waals surface area (Å²) in [6.45, 7) is 9.77. The molecule has 1 aromatic carbocycles. The highest BCUT2D eigenvalue weighted by molar-refractivity contribution is 7.14. The van der Waals surface area contributed by atoms with E-state index in [-0.39, 0.29) is 17.2 Å². The standard InChI is InChI=1S/C22H32N4O5S.C4H4O4/c1-13(2)26(14(3)4)9-8-23-21(28)16-12-32-22(24-16)25-20(27)15-10-18(30-6)19(31-7)11-17(15)29-5;5-3(6)1-2-4(7)8/h10-14H,8-9H2,1-7H3,(H,23,28)(H,24,25,27);1-2H,(H,5,6)(H,7,8). The summed E-state index contributed by atoms with van der Waals surface area (Å²) >= 11 is 1.17. The lowest BCUT2D eigenvalue weighted by Gasteiger charge is -2.30. The quantitative estimate of drug-likeness (QED) is 0.256. The first-order valence-electron chi connectivity index (χ1n) is 12.1. The lowest BCUT2D eigenvalue weighted by molar-refractivity contribution is -0.134. The molecule has 2 amide bonds. The molecule has 0 aliphatic carbocycles. The molecule has 1 heterocycles. The van der Waals surface area contributed by atoms with Gasteiger partial charge in [-0.05, 0) is 27.7 Å². The molecule has 13 nitrogen and oxygen atoms in total. The van der Waals surface area contributed by atoms with Crippen molar-refractivity contribution in [2.45, 2.75) is 39.8 Å². The molecule has 220 valence electrons. The Morgan fingerprint density at radius 3 is 1.90 bits per heavy atom. The summed E-state index contributed by atoms with van der Waals surface area (Å²) in [5.41, 5.74) is 0.513. The SMILES string of the molecule is COc1cc(OC)c(C(=O)Nc2nc(C(=O)NCCN(C(C)C)C(C)C)cs2)cc1OC.O=C(O)C=CC(=O)O. The number of aliphatic carboxylic acids is 2. The van der Waals surface area contributed by atoms with E-state index in [0.717, 1.165) is 6.54 Å². The summed E-state index contributed by atoms with van der Waals surface area (Å²) in [6.07, 6.45) is 1.12. The van der Waals surface area contributed by atoms with E-state index >= 15 is 0 Å². The van der Waals surface area contributed by atoms with E-state index in [1.807, 2.05) is 0 Å². The lowest BCUT2D eigenvalue weighted by atomic mass is 10.1. The van der Waals surface area contributed by atoms with Gasteiger partial charge in [0.05, 0.1) is 26.9 Å². The zero-order valence-corrected chi connectivity index (χ0v) is 24.3. The molecule has 0 saturated heterocycles. The fourth-order valence-electron chi connectivity index (χ4n) is 3.45. The number of hydrogen-bond donors (Lipinski definition) is 4. The van der Waals surface area contributed by atoms with Gasteiger partial charge in [-0.2, -0.15) is 0 Å². The highest BCUT2D eigenvalue weighted by Gasteiger charge is 2.20. The third kappa shape index (κ3) is 10.9. The number of methoxy groups -OCH3 is 3. The van der Waals surface area contributed by atoms with Crippen LogP contribution in [-0.4, -0.2) is 90.4 Å². The van der Waals surface area contributed by atoms with Crippen molar-refractivity contribution in [1.82, 2.24) is 15.2 Å². The molecular weight excluding hydrogens is 544 g/mol. The normalized spacial score (nSPS) is 10.8. The molecule has 40 heavy (non-hydrogen) atoms. The zero-order chi connectivity index (χ0) is 30.4. The van der Waals surface area contributed by atoms with Gasteiger partial charge in [0, 0.05) is 54.8 Å². The molecule has 0 spiro atoms. The maximum Gasteiger partial charge on any atom is 0.328 e. The van der Waals surface area contributed by atoms with E-state index < -0.39 is 17.8 Å². The Morgan fingerprint density at radius 1 is 0.900 bits per heavy atom. The number of thiazole rings is 1. The largest absolute Gasteiger partial charge is 0.496 e. The monoisotopic (exact) mass is 580 g/mol. The molecular formula is C26H36N4O9S. The second-order valence-corrected chi connectivity index (χ2v) is 9.45. The van der Waals surface area contributed by atoms with Gasteiger partial charge < -0.3 is 29.7 Å². The van der Waals surface area contributed by atoms with Crippen molar-refractivity contribution in [3.8, 4) is 17.2 Å².